The van der Waals surface area contributed by atoms with Gasteiger partial charge in [-0.1, -0.05) is 25.5 Å². The predicted octanol–water partition coefficient (Wildman–Crippen LogP) is 2.67. The molecule has 0 saturated carbocycles. The lowest BCUT2D eigenvalue weighted by atomic mass is 9.99. The molecular weight excluding hydrogens is 508 g/mol. The van der Waals surface area contributed by atoms with Crippen LogP contribution in [0, 0.1) is 0 Å². The van der Waals surface area contributed by atoms with Crippen LogP contribution in [0.1, 0.15) is 25.3 Å². The van der Waals surface area contributed by atoms with E-state index in [1.807, 2.05) is 36.4 Å². The first-order valence-electron chi connectivity index (χ1n) is 13.3. The summed E-state index contributed by atoms with van der Waals surface area (Å²) in [6.45, 7) is 3.45. The van der Waals surface area contributed by atoms with Crippen molar-refractivity contribution in [3.63, 3.8) is 0 Å². The van der Waals surface area contributed by atoms with Crippen LogP contribution in [0.5, 0.6) is 5.75 Å². The molecule has 2 aromatic carbocycles. The average molecular weight is 549 g/mol. The van der Waals surface area contributed by atoms with E-state index in [4.69, 9.17) is 23.7 Å². The van der Waals surface area contributed by atoms with Gasteiger partial charge in [-0.2, -0.15) is 10.2 Å². The minimum absolute atomic E-state index is 0.0900. The van der Waals surface area contributed by atoms with Gasteiger partial charge in [0, 0.05) is 0 Å². The highest BCUT2D eigenvalue weighted by Crippen LogP contribution is 2.23. The van der Waals surface area contributed by atoms with E-state index < -0.39 is 37.3 Å². The zero-order chi connectivity index (χ0) is 27.9. The summed E-state index contributed by atoms with van der Waals surface area (Å²) in [5, 5.41) is 47.2. The van der Waals surface area contributed by atoms with Crippen LogP contribution in [0.25, 0.3) is 0 Å². The van der Waals surface area contributed by atoms with Gasteiger partial charge in [-0.25, -0.2) is 0 Å². The van der Waals surface area contributed by atoms with Gasteiger partial charge >= 0.3 is 0 Å². The predicted molar refractivity (Wildman–Crippen MR) is 143 cm³/mol. The van der Waals surface area contributed by atoms with E-state index in [-0.39, 0.29) is 13.2 Å². The van der Waals surface area contributed by atoms with Crippen molar-refractivity contribution in [3.05, 3.63) is 54.1 Å². The molecule has 0 aliphatic carbocycles. The summed E-state index contributed by atoms with van der Waals surface area (Å²) in [6, 6.07) is 15.5. The van der Waals surface area contributed by atoms with Crippen LogP contribution in [0.2, 0.25) is 0 Å². The number of unbranched alkanes of at least 4 members (excludes halogenated alkanes) is 1. The summed E-state index contributed by atoms with van der Waals surface area (Å²) < 4.78 is 27.2. The monoisotopic (exact) mass is 548 g/mol. The van der Waals surface area contributed by atoms with Gasteiger partial charge in [0.05, 0.1) is 51.0 Å². The average Bonchev–Trinajstić information content (AvgIpc) is 2.97. The van der Waals surface area contributed by atoms with Crippen molar-refractivity contribution in [1.29, 1.82) is 0 Å². The third-order valence-electron chi connectivity index (χ3n) is 6.10. The lowest BCUT2D eigenvalue weighted by molar-refractivity contribution is -0.302. The van der Waals surface area contributed by atoms with E-state index in [2.05, 4.69) is 29.3 Å². The van der Waals surface area contributed by atoms with Gasteiger partial charge in [-0.05, 0) is 54.8 Å². The number of ether oxygens (including phenoxy) is 5. The molecule has 3 rings (SSSR count). The van der Waals surface area contributed by atoms with Crippen molar-refractivity contribution < 1.29 is 44.1 Å². The number of azo groups is 1. The molecule has 1 fully saturated rings. The quantitative estimate of drug-likeness (QED) is 0.173. The van der Waals surface area contributed by atoms with E-state index >= 15 is 0 Å². The van der Waals surface area contributed by atoms with Crippen molar-refractivity contribution >= 4 is 11.4 Å². The lowest BCUT2D eigenvalue weighted by Crippen LogP contribution is -2.59. The summed E-state index contributed by atoms with van der Waals surface area (Å²) >= 11 is 0. The summed E-state index contributed by atoms with van der Waals surface area (Å²) in [5.41, 5.74) is 2.87. The van der Waals surface area contributed by atoms with E-state index in [0.29, 0.717) is 32.2 Å². The number of nitrogens with zero attached hydrogens (tertiary/aromatic N) is 2. The molecule has 5 atom stereocenters. The maximum atomic E-state index is 9.91. The molecule has 0 aromatic heterocycles. The van der Waals surface area contributed by atoms with E-state index in [9.17, 15) is 20.4 Å². The minimum Gasteiger partial charge on any atom is -0.491 e. The molecule has 0 radical (unpaired) electrons. The van der Waals surface area contributed by atoms with Crippen molar-refractivity contribution in [2.75, 3.05) is 46.2 Å². The van der Waals surface area contributed by atoms with E-state index in [1.165, 1.54) is 18.4 Å². The lowest BCUT2D eigenvalue weighted by Gasteiger charge is -2.39. The Morgan fingerprint density at radius 3 is 1.95 bits per heavy atom. The van der Waals surface area contributed by atoms with Crippen LogP contribution in [-0.4, -0.2) is 97.4 Å². The van der Waals surface area contributed by atoms with Gasteiger partial charge in [-0.3, -0.25) is 0 Å². The zero-order valence-corrected chi connectivity index (χ0v) is 22.3. The molecular formula is C28H40N2O9. The normalized spacial score (nSPS) is 23.4. The first kappa shape index (κ1) is 31.1. The smallest absolute Gasteiger partial charge is 0.186 e. The molecule has 2 aromatic rings. The largest absolute Gasteiger partial charge is 0.491 e. The van der Waals surface area contributed by atoms with Crippen molar-refractivity contribution in [3.8, 4) is 5.75 Å². The van der Waals surface area contributed by atoms with Crippen molar-refractivity contribution in [2.45, 2.75) is 56.9 Å². The van der Waals surface area contributed by atoms with Gasteiger partial charge in [0.15, 0.2) is 6.29 Å². The summed E-state index contributed by atoms with van der Waals surface area (Å²) in [4.78, 5) is 0. The van der Waals surface area contributed by atoms with Gasteiger partial charge in [0.25, 0.3) is 0 Å². The third kappa shape index (κ3) is 10.5. The Hall–Kier alpha value is -2.48. The molecule has 0 bridgehead atoms. The molecule has 1 aliphatic rings. The molecule has 11 nitrogen and oxygen atoms in total. The Balaban J connectivity index is 1.21. The molecule has 1 aliphatic heterocycles. The third-order valence-corrected chi connectivity index (χ3v) is 6.10. The highest BCUT2D eigenvalue weighted by Gasteiger charge is 2.43. The standard InChI is InChI=1S/C28H40N2O9/c1-2-3-4-20-5-7-21(8-6-20)29-30-22-9-11-23(12-10-22)37-17-15-35-13-14-36-16-18-38-28-27(34)26(33)25(32)24(19-31)39-28/h5-12,24-28,31-34H,2-4,13-19H2,1H3/t24-,25-,26+,27-,28-/m1/s1. The fraction of sp³-hybridized carbons (Fsp3) is 0.571. The fourth-order valence-electron chi connectivity index (χ4n) is 3.80. The maximum absolute atomic E-state index is 9.91. The molecule has 0 amide bonds. The van der Waals surface area contributed by atoms with Gasteiger partial charge in [0.1, 0.15) is 36.8 Å². The molecule has 39 heavy (non-hydrogen) atoms. The number of hydrogen-bond donors (Lipinski definition) is 4. The Morgan fingerprint density at radius 1 is 0.744 bits per heavy atom. The van der Waals surface area contributed by atoms with Gasteiger partial charge in [0.2, 0.25) is 0 Å². The molecule has 0 unspecified atom stereocenters. The molecule has 4 N–H and O–H groups in total. The molecule has 216 valence electrons. The van der Waals surface area contributed by atoms with E-state index in [1.54, 1.807) is 0 Å². The number of aliphatic hydroxyl groups excluding tert-OH is 4. The zero-order valence-electron chi connectivity index (χ0n) is 22.3. The maximum Gasteiger partial charge on any atom is 0.186 e. The highest BCUT2D eigenvalue weighted by molar-refractivity contribution is 5.43. The highest BCUT2D eigenvalue weighted by atomic mass is 16.7. The second-order valence-corrected chi connectivity index (χ2v) is 9.11. The second-order valence-electron chi connectivity index (χ2n) is 9.11. The topological polar surface area (TPSA) is 152 Å². The number of aliphatic hydroxyl groups is 4. The summed E-state index contributed by atoms with van der Waals surface area (Å²) in [6.07, 6.45) is -3.03. The summed E-state index contributed by atoms with van der Waals surface area (Å²) in [5.74, 6) is 0.708. The van der Waals surface area contributed by atoms with Crippen LogP contribution in [0.4, 0.5) is 11.4 Å². The number of hydrogen-bond acceptors (Lipinski definition) is 11. The van der Waals surface area contributed by atoms with Gasteiger partial charge in [-0.15, -0.1) is 0 Å². The van der Waals surface area contributed by atoms with Crippen LogP contribution in [0.15, 0.2) is 58.8 Å². The number of aryl methyl sites for hydroxylation is 1. The Labute approximate surface area is 229 Å². The van der Waals surface area contributed by atoms with Crippen LogP contribution in [0.3, 0.4) is 0 Å². The first-order chi connectivity index (χ1) is 19.0. The van der Waals surface area contributed by atoms with Crippen LogP contribution < -0.4 is 4.74 Å². The van der Waals surface area contributed by atoms with Crippen LogP contribution >= 0.6 is 0 Å². The SMILES string of the molecule is CCCCc1ccc(N=Nc2ccc(OCCOCCOCCO[C@@H]3O[C@H](CO)[C@@H](O)[C@H](O)[C@H]3O)cc2)cc1. The number of benzene rings is 2. The van der Waals surface area contributed by atoms with Crippen molar-refractivity contribution in [2.24, 2.45) is 10.2 Å². The Kier molecular flexibility index (Phi) is 13.7. The Bertz CT molecular complexity index is 957. The molecule has 0 spiro atoms. The molecule has 1 saturated heterocycles. The number of rotatable bonds is 17. The molecule has 1 heterocycles. The van der Waals surface area contributed by atoms with Crippen LogP contribution in [-0.2, 0) is 25.4 Å². The van der Waals surface area contributed by atoms with Gasteiger partial charge < -0.3 is 44.1 Å². The molecule has 11 heteroatoms. The second kappa shape index (κ2) is 17.3. The van der Waals surface area contributed by atoms with Crippen molar-refractivity contribution in [1.82, 2.24) is 0 Å². The Morgan fingerprint density at radius 2 is 1.33 bits per heavy atom. The minimum atomic E-state index is -1.47. The van der Waals surface area contributed by atoms with E-state index in [0.717, 1.165) is 17.8 Å². The first-order valence-corrected chi connectivity index (χ1v) is 13.3. The fourth-order valence-corrected chi connectivity index (χ4v) is 3.80. The summed E-state index contributed by atoms with van der Waals surface area (Å²) in [7, 11) is 0.